The number of para-hydroxylation sites is 1. The summed E-state index contributed by atoms with van der Waals surface area (Å²) < 4.78 is 10.9. The molecule has 0 aliphatic carbocycles. The van der Waals surface area contributed by atoms with E-state index < -0.39 is 6.09 Å². The molecular weight excluding hydrogens is 234 g/mol. The summed E-state index contributed by atoms with van der Waals surface area (Å²) in [7, 11) is 2.52. The van der Waals surface area contributed by atoms with Crippen molar-refractivity contribution in [1.29, 1.82) is 0 Å². The lowest BCUT2D eigenvalue weighted by molar-refractivity contribution is 0.133. The molecule has 1 aromatic rings. The number of fused-ring (bicyclic) bond motifs is 1. The second-order valence-electron chi connectivity index (χ2n) is 4.42. The van der Waals surface area contributed by atoms with Crippen LogP contribution in [0.1, 0.15) is 19.4 Å². The van der Waals surface area contributed by atoms with Crippen LogP contribution in [-0.4, -0.2) is 31.0 Å². The molecule has 0 saturated carbocycles. The molecule has 1 heterocycles. The fourth-order valence-corrected chi connectivity index (χ4v) is 1.82. The third-order valence-electron chi connectivity index (χ3n) is 2.46. The zero-order valence-corrected chi connectivity index (χ0v) is 11.1. The summed E-state index contributed by atoms with van der Waals surface area (Å²) in [5, 5.41) is 9.41. The van der Waals surface area contributed by atoms with Gasteiger partial charge in [0, 0.05) is 26.1 Å². The van der Waals surface area contributed by atoms with Gasteiger partial charge in [-0.25, -0.2) is 4.79 Å². The molecule has 0 aromatic heterocycles. The molecule has 2 N–H and O–H groups in total. The largest absolute Gasteiger partial charge is 0.483 e. The second-order valence-corrected chi connectivity index (χ2v) is 4.42. The van der Waals surface area contributed by atoms with Crippen LogP contribution in [-0.2, 0) is 6.42 Å². The standard InChI is InChI=1S/C12H15NO3.CH4O/c1-12(2)7-8-5-4-6-9(10(8)16-12)15-11(14)13-3;1-2/h4-6H,7H2,1-3H3,(H,13,14);2H,1H3. The number of aliphatic hydroxyl groups excluding tert-OH is 1. The summed E-state index contributed by atoms with van der Waals surface area (Å²) in [4.78, 5) is 11.2. The molecule has 0 bridgehead atoms. The van der Waals surface area contributed by atoms with Gasteiger partial charge in [-0.2, -0.15) is 0 Å². The fraction of sp³-hybridized carbons (Fsp3) is 0.462. The SMILES string of the molecule is CNC(=O)Oc1cccc2c1OC(C)(C)C2.CO. The maximum atomic E-state index is 11.2. The van der Waals surface area contributed by atoms with Crippen molar-refractivity contribution in [3.8, 4) is 11.5 Å². The van der Waals surface area contributed by atoms with Gasteiger partial charge in [0.1, 0.15) is 5.60 Å². The first-order valence-corrected chi connectivity index (χ1v) is 5.67. The van der Waals surface area contributed by atoms with Crippen molar-refractivity contribution in [1.82, 2.24) is 5.32 Å². The Morgan fingerprint density at radius 2 is 2.11 bits per heavy atom. The van der Waals surface area contributed by atoms with E-state index in [1.807, 2.05) is 26.0 Å². The fourth-order valence-electron chi connectivity index (χ4n) is 1.82. The molecule has 0 saturated heterocycles. The van der Waals surface area contributed by atoms with Gasteiger partial charge in [-0.3, -0.25) is 0 Å². The number of rotatable bonds is 1. The number of aliphatic hydroxyl groups is 1. The lowest BCUT2D eigenvalue weighted by atomic mass is 10.0. The zero-order valence-electron chi connectivity index (χ0n) is 11.1. The van der Waals surface area contributed by atoms with Crippen molar-refractivity contribution in [3.63, 3.8) is 0 Å². The number of ether oxygens (including phenoxy) is 2. The summed E-state index contributed by atoms with van der Waals surface area (Å²) in [5.41, 5.74) is 0.844. The van der Waals surface area contributed by atoms with Crippen molar-refractivity contribution >= 4 is 6.09 Å². The molecule has 5 heteroatoms. The first-order chi connectivity index (χ1) is 8.52. The predicted molar refractivity (Wildman–Crippen MR) is 68.1 cm³/mol. The number of hydrogen-bond donors (Lipinski definition) is 2. The van der Waals surface area contributed by atoms with E-state index >= 15 is 0 Å². The first-order valence-electron chi connectivity index (χ1n) is 5.67. The normalized spacial score (nSPS) is 14.7. The van der Waals surface area contributed by atoms with Crippen LogP contribution in [0.5, 0.6) is 11.5 Å². The van der Waals surface area contributed by atoms with Crippen LogP contribution in [0.15, 0.2) is 18.2 Å². The molecular formula is C13H19NO4. The van der Waals surface area contributed by atoms with E-state index in [-0.39, 0.29) is 5.60 Å². The highest BCUT2D eigenvalue weighted by Crippen LogP contribution is 2.41. The van der Waals surface area contributed by atoms with Crippen LogP contribution < -0.4 is 14.8 Å². The Hall–Kier alpha value is -1.75. The molecule has 1 amide bonds. The quantitative estimate of drug-likeness (QED) is 0.799. The lowest BCUT2D eigenvalue weighted by Gasteiger charge is -2.17. The first kappa shape index (κ1) is 14.3. The van der Waals surface area contributed by atoms with E-state index in [1.165, 1.54) is 7.05 Å². The summed E-state index contributed by atoms with van der Waals surface area (Å²) in [6, 6.07) is 5.58. The number of carbonyl (C=O) groups excluding carboxylic acids is 1. The van der Waals surface area contributed by atoms with Gasteiger partial charge in [-0.1, -0.05) is 12.1 Å². The molecule has 5 nitrogen and oxygen atoms in total. The highest BCUT2D eigenvalue weighted by Gasteiger charge is 2.32. The Morgan fingerprint density at radius 3 is 2.72 bits per heavy atom. The summed E-state index contributed by atoms with van der Waals surface area (Å²) >= 11 is 0. The van der Waals surface area contributed by atoms with Gasteiger partial charge in [0.25, 0.3) is 0 Å². The third-order valence-corrected chi connectivity index (χ3v) is 2.46. The number of amides is 1. The zero-order chi connectivity index (χ0) is 13.8. The van der Waals surface area contributed by atoms with Gasteiger partial charge < -0.3 is 19.9 Å². The van der Waals surface area contributed by atoms with Crippen LogP contribution in [0.2, 0.25) is 0 Å². The van der Waals surface area contributed by atoms with E-state index in [9.17, 15) is 4.79 Å². The Kier molecular flexibility index (Phi) is 4.55. The molecule has 0 atom stereocenters. The van der Waals surface area contributed by atoms with Crippen molar-refractivity contribution in [2.75, 3.05) is 14.2 Å². The van der Waals surface area contributed by atoms with Gasteiger partial charge in [-0.05, 0) is 19.9 Å². The van der Waals surface area contributed by atoms with Crippen LogP contribution in [0.3, 0.4) is 0 Å². The van der Waals surface area contributed by atoms with E-state index in [1.54, 1.807) is 6.07 Å². The number of nitrogens with one attached hydrogen (secondary N) is 1. The van der Waals surface area contributed by atoms with E-state index in [2.05, 4.69) is 5.32 Å². The minimum Gasteiger partial charge on any atom is -0.483 e. The molecule has 0 unspecified atom stereocenters. The monoisotopic (exact) mass is 253 g/mol. The molecule has 100 valence electrons. The Morgan fingerprint density at radius 1 is 1.44 bits per heavy atom. The topological polar surface area (TPSA) is 67.8 Å². The predicted octanol–water partition coefficient (Wildman–Crippen LogP) is 1.73. The second kappa shape index (κ2) is 5.73. The smallest absolute Gasteiger partial charge is 0.412 e. The maximum absolute atomic E-state index is 11.2. The average molecular weight is 253 g/mol. The highest BCUT2D eigenvalue weighted by molar-refractivity contribution is 5.71. The van der Waals surface area contributed by atoms with E-state index in [0.29, 0.717) is 11.5 Å². The van der Waals surface area contributed by atoms with Crippen molar-refractivity contribution in [2.24, 2.45) is 0 Å². The highest BCUT2D eigenvalue weighted by atomic mass is 16.6. The molecule has 1 aliphatic rings. The molecule has 1 aliphatic heterocycles. The summed E-state index contributed by atoms with van der Waals surface area (Å²) in [5.74, 6) is 1.15. The minimum absolute atomic E-state index is 0.232. The van der Waals surface area contributed by atoms with Gasteiger partial charge in [0.2, 0.25) is 0 Å². The van der Waals surface area contributed by atoms with Crippen LogP contribution in [0.4, 0.5) is 4.79 Å². The summed E-state index contributed by atoms with van der Waals surface area (Å²) in [6.07, 6.45) is 0.342. The molecule has 1 aromatic carbocycles. The molecule has 0 radical (unpaired) electrons. The Labute approximate surface area is 107 Å². The van der Waals surface area contributed by atoms with Gasteiger partial charge >= 0.3 is 6.09 Å². The van der Waals surface area contributed by atoms with Crippen LogP contribution in [0, 0.1) is 0 Å². The Bertz CT molecular complexity index is 429. The maximum Gasteiger partial charge on any atom is 0.412 e. The van der Waals surface area contributed by atoms with Crippen molar-refractivity contribution in [2.45, 2.75) is 25.9 Å². The molecule has 2 rings (SSSR count). The van der Waals surface area contributed by atoms with E-state index in [4.69, 9.17) is 14.6 Å². The average Bonchev–Trinajstić information content (AvgIpc) is 2.67. The van der Waals surface area contributed by atoms with Gasteiger partial charge in [0.15, 0.2) is 11.5 Å². The van der Waals surface area contributed by atoms with Crippen molar-refractivity contribution in [3.05, 3.63) is 23.8 Å². The van der Waals surface area contributed by atoms with Crippen LogP contribution >= 0.6 is 0 Å². The number of carbonyl (C=O) groups is 1. The Balaban J connectivity index is 0.000000771. The summed E-state index contributed by atoms with van der Waals surface area (Å²) in [6.45, 7) is 4.02. The lowest BCUT2D eigenvalue weighted by Crippen LogP contribution is -2.25. The third kappa shape index (κ3) is 3.13. The molecule has 18 heavy (non-hydrogen) atoms. The van der Waals surface area contributed by atoms with Crippen molar-refractivity contribution < 1.29 is 19.4 Å². The van der Waals surface area contributed by atoms with Gasteiger partial charge in [0.05, 0.1) is 0 Å². The minimum atomic E-state index is -0.485. The number of hydrogen-bond acceptors (Lipinski definition) is 4. The molecule has 0 spiro atoms. The van der Waals surface area contributed by atoms with E-state index in [0.717, 1.165) is 19.1 Å². The number of benzene rings is 1. The van der Waals surface area contributed by atoms with Crippen LogP contribution in [0.25, 0.3) is 0 Å². The van der Waals surface area contributed by atoms with Gasteiger partial charge in [-0.15, -0.1) is 0 Å². The molecule has 0 fully saturated rings.